The smallest absolute Gasteiger partial charge is 0.347 e. The Morgan fingerprint density at radius 1 is 1.33 bits per heavy atom. The first-order chi connectivity index (χ1) is 7.22. The fraction of sp³-hybridized carbons (Fsp3) is 0.0909. The average molecular weight is 267 g/mol. The van der Waals surface area contributed by atoms with Gasteiger partial charge in [-0.25, -0.2) is 4.79 Å². The Morgan fingerprint density at radius 2 is 2.07 bits per heavy atom. The second kappa shape index (κ2) is 3.98. The highest BCUT2D eigenvalue weighted by atomic mass is 79.9. The van der Waals surface area contributed by atoms with Crippen LogP contribution in [0.4, 0.5) is 0 Å². The first-order valence-electron chi connectivity index (χ1n) is 4.34. The summed E-state index contributed by atoms with van der Waals surface area (Å²) >= 11 is 3.02. The molecule has 0 N–H and O–H groups in total. The van der Waals surface area contributed by atoms with Crippen LogP contribution in [-0.4, -0.2) is 11.1 Å². The van der Waals surface area contributed by atoms with E-state index in [2.05, 4.69) is 15.9 Å². The zero-order valence-corrected chi connectivity index (χ0v) is 9.28. The molecule has 0 fully saturated rings. The minimum Gasteiger partial charge on any atom is -0.422 e. The Bertz CT molecular complexity index is 571. The van der Waals surface area contributed by atoms with E-state index in [0.717, 1.165) is 5.39 Å². The number of carbonyl (C=O) groups is 1. The third-order valence-electron chi connectivity index (χ3n) is 2.06. The number of hydrogen-bond acceptors (Lipinski definition) is 3. The first kappa shape index (κ1) is 10.1. The Hall–Kier alpha value is -1.42. The molecule has 0 saturated carbocycles. The van der Waals surface area contributed by atoms with E-state index in [0.29, 0.717) is 5.58 Å². The quantitative estimate of drug-likeness (QED) is 0.476. The molecule has 0 amide bonds. The predicted octanol–water partition coefficient (Wildman–Crippen LogP) is 2.37. The van der Waals surface area contributed by atoms with Crippen LogP contribution in [0.15, 0.2) is 39.5 Å². The van der Waals surface area contributed by atoms with Gasteiger partial charge in [0.15, 0.2) is 5.78 Å². The molecule has 1 aromatic heterocycles. The molecular weight excluding hydrogens is 260 g/mol. The lowest BCUT2D eigenvalue weighted by molar-refractivity contribution is 0.102. The predicted molar refractivity (Wildman–Crippen MR) is 60.6 cm³/mol. The number of fused-ring (bicyclic) bond motifs is 1. The maximum atomic E-state index is 11.4. The number of rotatable bonds is 2. The van der Waals surface area contributed by atoms with Crippen LogP contribution in [0, 0.1) is 0 Å². The summed E-state index contributed by atoms with van der Waals surface area (Å²) in [5.41, 5.74) is -0.00246. The molecule has 76 valence electrons. The highest BCUT2D eigenvalue weighted by Gasteiger charge is 2.11. The zero-order chi connectivity index (χ0) is 10.8. The summed E-state index contributed by atoms with van der Waals surface area (Å²) < 4.78 is 5.02. The molecule has 1 heterocycles. The van der Waals surface area contributed by atoms with E-state index in [9.17, 15) is 9.59 Å². The number of Topliss-reactive ketones (excluding diaryl/α,β-unsaturated/α-hetero) is 1. The second-order valence-corrected chi connectivity index (χ2v) is 3.60. The molecule has 0 aliphatic carbocycles. The van der Waals surface area contributed by atoms with Gasteiger partial charge in [0.25, 0.3) is 0 Å². The van der Waals surface area contributed by atoms with Crippen LogP contribution in [-0.2, 0) is 0 Å². The van der Waals surface area contributed by atoms with Gasteiger partial charge < -0.3 is 4.42 Å². The number of ketones is 1. The maximum Gasteiger partial charge on any atom is 0.347 e. The van der Waals surface area contributed by atoms with Crippen LogP contribution in [0.1, 0.15) is 10.4 Å². The summed E-state index contributed by atoms with van der Waals surface area (Å²) in [4.78, 5) is 22.8. The van der Waals surface area contributed by atoms with Gasteiger partial charge in [-0.15, -0.1) is 0 Å². The number of para-hydroxylation sites is 1. The maximum absolute atomic E-state index is 11.4. The fourth-order valence-corrected chi connectivity index (χ4v) is 1.63. The van der Waals surface area contributed by atoms with Gasteiger partial charge in [0.2, 0.25) is 0 Å². The van der Waals surface area contributed by atoms with Crippen molar-refractivity contribution in [3.05, 3.63) is 46.3 Å². The van der Waals surface area contributed by atoms with Crippen molar-refractivity contribution in [1.82, 2.24) is 0 Å². The molecule has 0 aliphatic heterocycles. The minimum atomic E-state index is -0.585. The Balaban J connectivity index is 2.73. The fourth-order valence-electron chi connectivity index (χ4n) is 1.33. The molecule has 2 rings (SSSR count). The lowest BCUT2D eigenvalue weighted by atomic mass is 10.1. The van der Waals surface area contributed by atoms with Crippen molar-refractivity contribution < 1.29 is 9.21 Å². The molecule has 0 unspecified atom stereocenters. The molecule has 0 saturated heterocycles. The second-order valence-electron chi connectivity index (χ2n) is 3.04. The van der Waals surface area contributed by atoms with Crippen LogP contribution < -0.4 is 5.63 Å². The van der Waals surface area contributed by atoms with E-state index in [1.54, 1.807) is 24.3 Å². The van der Waals surface area contributed by atoms with Crippen molar-refractivity contribution in [2.45, 2.75) is 0 Å². The summed E-state index contributed by atoms with van der Waals surface area (Å²) in [5.74, 6) is -0.269. The molecule has 2 aromatic rings. The van der Waals surface area contributed by atoms with Gasteiger partial charge in [0.05, 0.1) is 5.33 Å². The van der Waals surface area contributed by atoms with Gasteiger partial charge in [-0.2, -0.15) is 0 Å². The number of alkyl halides is 1. The first-order valence-corrected chi connectivity index (χ1v) is 5.46. The number of hydrogen-bond donors (Lipinski definition) is 0. The Kier molecular flexibility index (Phi) is 2.68. The van der Waals surface area contributed by atoms with Gasteiger partial charge in [-0.3, -0.25) is 4.79 Å². The summed E-state index contributed by atoms with van der Waals surface area (Å²) in [6, 6.07) is 8.65. The van der Waals surface area contributed by atoms with Crippen LogP contribution in [0.5, 0.6) is 0 Å². The van der Waals surface area contributed by atoms with Crippen molar-refractivity contribution in [2.75, 3.05) is 5.33 Å². The molecule has 0 aliphatic rings. The summed E-state index contributed by atoms with van der Waals surface area (Å²) in [6.07, 6.45) is 0. The normalized spacial score (nSPS) is 10.5. The van der Waals surface area contributed by atoms with E-state index in [1.165, 1.54) is 0 Å². The monoisotopic (exact) mass is 266 g/mol. The number of carbonyl (C=O) groups excluding carboxylic acids is 1. The summed E-state index contributed by atoms with van der Waals surface area (Å²) in [6.45, 7) is 0. The van der Waals surface area contributed by atoms with Crippen molar-refractivity contribution in [3.8, 4) is 0 Å². The lowest BCUT2D eigenvalue weighted by Crippen LogP contribution is -2.14. The molecule has 1 aromatic carbocycles. The van der Waals surface area contributed by atoms with E-state index < -0.39 is 5.63 Å². The standard InChI is InChI=1S/C11H7BrO3/c12-6-9(13)8-5-7-3-1-2-4-10(7)15-11(8)14/h1-5H,6H2. The van der Waals surface area contributed by atoms with Gasteiger partial charge >= 0.3 is 5.63 Å². The van der Waals surface area contributed by atoms with Crippen LogP contribution in [0.3, 0.4) is 0 Å². The third kappa shape index (κ3) is 1.85. The SMILES string of the molecule is O=C(CBr)c1cc2ccccc2oc1=O. The van der Waals surface area contributed by atoms with E-state index >= 15 is 0 Å². The molecule has 15 heavy (non-hydrogen) atoms. The van der Waals surface area contributed by atoms with Crippen LogP contribution >= 0.6 is 15.9 Å². The third-order valence-corrected chi connectivity index (χ3v) is 2.57. The van der Waals surface area contributed by atoms with Gasteiger partial charge in [-0.1, -0.05) is 34.1 Å². The summed E-state index contributed by atoms with van der Waals surface area (Å²) in [7, 11) is 0. The van der Waals surface area contributed by atoms with Crippen LogP contribution in [0.2, 0.25) is 0 Å². The van der Waals surface area contributed by atoms with Gasteiger partial charge in [0, 0.05) is 5.39 Å². The Morgan fingerprint density at radius 3 is 2.80 bits per heavy atom. The zero-order valence-electron chi connectivity index (χ0n) is 7.70. The average Bonchev–Trinajstić information content (AvgIpc) is 2.27. The topological polar surface area (TPSA) is 47.3 Å². The van der Waals surface area contributed by atoms with Gasteiger partial charge in [-0.05, 0) is 12.1 Å². The number of benzene rings is 1. The molecular formula is C11H7BrO3. The largest absolute Gasteiger partial charge is 0.422 e. The van der Waals surface area contributed by atoms with Crippen LogP contribution in [0.25, 0.3) is 11.0 Å². The van der Waals surface area contributed by atoms with E-state index in [-0.39, 0.29) is 16.7 Å². The minimum absolute atomic E-state index is 0.0885. The molecule has 0 spiro atoms. The van der Waals surface area contributed by atoms with E-state index in [1.807, 2.05) is 6.07 Å². The molecule has 0 radical (unpaired) electrons. The van der Waals surface area contributed by atoms with Crippen molar-refractivity contribution in [1.29, 1.82) is 0 Å². The van der Waals surface area contributed by atoms with Crippen molar-refractivity contribution in [2.24, 2.45) is 0 Å². The molecule has 0 bridgehead atoms. The highest BCUT2D eigenvalue weighted by Crippen LogP contribution is 2.13. The van der Waals surface area contributed by atoms with E-state index in [4.69, 9.17) is 4.42 Å². The van der Waals surface area contributed by atoms with Crippen molar-refractivity contribution in [3.63, 3.8) is 0 Å². The van der Waals surface area contributed by atoms with Gasteiger partial charge in [0.1, 0.15) is 11.1 Å². The Labute approximate surface area is 93.8 Å². The molecule has 3 nitrogen and oxygen atoms in total. The number of halogens is 1. The molecule has 0 atom stereocenters. The summed E-state index contributed by atoms with van der Waals surface area (Å²) in [5, 5.41) is 0.872. The lowest BCUT2D eigenvalue weighted by Gasteiger charge is -1.98. The van der Waals surface area contributed by atoms with Crippen molar-refractivity contribution >= 4 is 32.7 Å². The highest BCUT2D eigenvalue weighted by molar-refractivity contribution is 9.09. The molecule has 4 heteroatoms.